The van der Waals surface area contributed by atoms with E-state index < -0.39 is 10.0 Å². The van der Waals surface area contributed by atoms with Crippen molar-refractivity contribution in [1.29, 1.82) is 0 Å². The highest BCUT2D eigenvalue weighted by molar-refractivity contribution is 7.89. The molecule has 6 nitrogen and oxygen atoms in total. The molecule has 1 heterocycles. The number of halogens is 1. The number of nitrogens with one attached hydrogen (secondary N) is 1. The Morgan fingerprint density at radius 3 is 2.56 bits per heavy atom. The molecule has 27 heavy (non-hydrogen) atoms. The van der Waals surface area contributed by atoms with Gasteiger partial charge in [-0.2, -0.15) is 5.10 Å². The zero-order valence-electron chi connectivity index (χ0n) is 14.6. The zero-order valence-corrected chi connectivity index (χ0v) is 16.2. The van der Waals surface area contributed by atoms with E-state index in [2.05, 4.69) is 9.82 Å². The summed E-state index contributed by atoms with van der Waals surface area (Å²) in [7, 11) is -3.74. The maximum atomic E-state index is 12.5. The highest BCUT2D eigenvalue weighted by Crippen LogP contribution is 2.20. The number of benzene rings is 2. The van der Waals surface area contributed by atoms with E-state index in [4.69, 9.17) is 11.6 Å². The van der Waals surface area contributed by atoms with Crippen molar-refractivity contribution in [2.24, 2.45) is 0 Å². The molecule has 0 amide bonds. The van der Waals surface area contributed by atoms with Gasteiger partial charge in [0.05, 0.1) is 17.1 Å². The van der Waals surface area contributed by atoms with E-state index in [1.807, 2.05) is 30.3 Å². The maximum Gasteiger partial charge on any atom is 0.266 e. The number of aryl methyl sites for hydroxylation is 1. The zero-order chi connectivity index (χ0) is 19.4. The standard InChI is InChI=1S/C19H18ClN3O3S/c1-14-7-8-16(20)13-18(14)27(25,26)21-11-12-23-19(24)10-9-17(22-23)15-5-3-2-4-6-15/h2-10,13,21H,11-12H2,1H3. The summed E-state index contributed by atoms with van der Waals surface area (Å²) in [5.74, 6) is 0. The van der Waals surface area contributed by atoms with Gasteiger partial charge < -0.3 is 0 Å². The van der Waals surface area contributed by atoms with Crippen LogP contribution in [0, 0.1) is 6.92 Å². The first-order valence-corrected chi connectivity index (χ1v) is 10.1. The number of hydrogen-bond donors (Lipinski definition) is 1. The van der Waals surface area contributed by atoms with E-state index in [0.29, 0.717) is 16.3 Å². The van der Waals surface area contributed by atoms with Crippen molar-refractivity contribution in [3.8, 4) is 11.3 Å². The highest BCUT2D eigenvalue weighted by atomic mass is 35.5. The summed E-state index contributed by atoms with van der Waals surface area (Å²) in [6.07, 6.45) is 0. The molecule has 0 atom stereocenters. The van der Waals surface area contributed by atoms with Crippen molar-refractivity contribution < 1.29 is 8.42 Å². The average Bonchev–Trinajstić information content (AvgIpc) is 2.66. The Balaban J connectivity index is 1.75. The molecule has 1 aromatic heterocycles. The fourth-order valence-electron chi connectivity index (χ4n) is 2.60. The first kappa shape index (κ1) is 19.3. The molecule has 0 aliphatic heterocycles. The summed E-state index contributed by atoms with van der Waals surface area (Å²) >= 11 is 5.90. The SMILES string of the molecule is Cc1ccc(Cl)cc1S(=O)(=O)NCCn1nc(-c2ccccc2)ccc1=O. The van der Waals surface area contributed by atoms with Crippen LogP contribution >= 0.6 is 11.6 Å². The van der Waals surface area contributed by atoms with Crippen LogP contribution < -0.4 is 10.3 Å². The largest absolute Gasteiger partial charge is 0.268 e. The van der Waals surface area contributed by atoms with Crippen LogP contribution in [0.15, 0.2) is 70.4 Å². The average molecular weight is 404 g/mol. The molecule has 0 fully saturated rings. The van der Waals surface area contributed by atoms with Crippen molar-refractivity contribution in [2.75, 3.05) is 6.54 Å². The van der Waals surface area contributed by atoms with Gasteiger partial charge >= 0.3 is 0 Å². The van der Waals surface area contributed by atoms with Crippen molar-refractivity contribution >= 4 is 21.6 Å². The third kappa shape index (κ3) is 4.63. The molecule has 0 aliphatic rings. The van der Waals surface area contributed by atoms with Crippen LogP contribution in [0.25, 0.3) is 11.3 Å². The van der Waals surface area contributed by atoms with Crippen LogP contribution in [0.3, 0.4) is 0 Å². The van der Waals surface area contributed by atoms with Crippen molar-refractivity contribution in [1.82, 2.24) is 14.5 Å². The predicted octanol–water partition coefficient (Wildman–Crippen LogP) is 2.85. The number of aromatic nitrogens is 2. The van der Waals surface area contributed by atoms with E-state index >= 15 is 0 Å². The number of rotatable bonds is 6. The van der Waals surface area contributed by atoms with Gasteiger partial charge in [-0.1, -0.05) is 48.0 Å². The van der Waals surface area contributed by atoms with Crippen LogP contribution in [0.4, 0.5) is 0 Å². The second-order valence-electron chi connectivity index (χ2n) is 5.95. The van der Waals surface area contributed by atoms with Gasteiger partial charge in [0, 0.05) is 23.2 Å². The molecular weight excluding hydrogens is 386 g/mol. The molecule has 1 N–H and O–H groups in total. The van der Waals surface area contributed by atoms with Gasteiger partial charge in [-0.15, -0.1) is 0 Å². The Kier molecular flexibility index (Phi) is 5.74. The number of hydrogen-bond acceptors (Lipinski definition) is 4. The van der Waals surface area contributed by atoms with Crippen LogP contribution in [-0.2, 0) is 16.6 Å². The molecule has 0 aliphatic carbocycles. The lowest BCUT2D eigenvalue weighted by Gasteiger charge is -2.11. The molecule has 0 saturated carbocycles. The van der Waals surface area contributed by atoms with Gasteiger partial charge in [-0.3, -0.25) is 4.79 Å². The molecule has 0 unspecified atom stereocenters. The lowest BCUT2D eigenvalue weighted by molar-refractivity contribution is 0.548. The van der Waals surface area contributed by atoms with Gasteiger partial charge in [-0.25, -0.2) is 17.8 Å². The van der Waals surface area contributed by atoms with Gasteiger partial charge in [0.2, 0.25) is 10.0 Å². The summed E-state index contributed by atoms with van der Waals surface area (Å²) in [4.78, 5) is 12.2. The molecule has 8 heteroatoms. The molecule has 0 radical (unpaired) electrons. The topological polar surface area (TPSA) is 81.1 Å². The monoisotopic (exact) mass is 403 g/mol. The van der Waals surface area contributed by atoms with E-state index in [1.165, 1.54) is 16.8 Å². The van der Waals surface area contributed by atoms with Crippen molar-refractivity contribution in [3.05, 3.63) is 81.6 Å². The quantitative estimate of drug-likeness (QED) is 0.686. The molecule has 140 valence electrons. The maximum absolute atomic E-state index is 12.5. The minimum absolute atomic E-state index is 0.0272. The number of nitrogens with zero attached hydrogens (tertiary/aromatic N) is 2. The molecule has 0 saturated heterocycles. The summed E-state index contributed by atoms with van der Waals surface area (Å²) in [5.41, 5.74) is 1.81. The lowest BCUT2D eigenvalue weighted by Crippen LogP contribution is -2.32. The first-order valence-electron chi connectivity index (χ1n) is 8.26. The van der Waals surface area contributed by atoms with E-state index in [9.17, 15) is 13.2 Å². The molecule has 3 aromatic rings. The molecule has 0 spiro atoms. The molecule has 0 bridgehead atoms. The Bertz CT molecular complexity index is 1110. The summed E-state index contributed by atoms with van der Waals surface area (Å²) in [6.45, 7) is 1.83. The Hall–Kier alpha value is -2.48. The van der Waals surface area contributed by atoms with Gasteiger partial charge in [-0.05, 0) is 30.7 Å². The Morgan fingerprint density at radius 2 is 1.81 bits per heavy atom. The smallest absolute Gasteiger partial charge is 0.266 e. The minimum Gasteiger partial charge on any atom is -0.268 e. The molecule has 3 rings (SSSR count). The van der Waals surface area contributed by atoms with Crippen LogP contribution in [0.1, 0.15) is 5.56 Å². The second-order valence-corrected chi connectivity index (χ2v) is 8.13. The lowest BCUT2D eigenvalue weighted by atomic mass is 10.1. The van der Waals surface area contributed by atoms with E-state index in [0.717, 1.165) is 5.56 Å². The summed E-state index contributed by atoms with van der Waals surface area (Å²) in [5, 5.41) is 4.66. The van der Waals surface area contributed by atoms with E-state index in [1.54, 1.807) is 25.1 Å². The van der Waals surface area contributed by atoms with Crippen molar-refractivity contribution in [2.45, 2.75) is 18.4 Å². The summed E-state index contributed by atoms with van der Waals surface area (Å²) in [6, 6.07) is 17.2. The third-order valence-electron chi connectivity index (χ3n) is 3.99. The fourth-order valence-corrected chi connectivity index (χ4v) is 4.13. The second kappa shape index (κ2) is 8.04. The highest BCUT2D eigenvalue weighted by Gasteiger charge is 2.17. The Labute approximate surface area is 162 Å². The summed E-state index contributed by atoms with van der Waals surface area (Å²) < 4.78 is 28.7. The number of sulfonamides is 1. The van der Waals surface area contributed by atoms with Gasteiger partial charge in [0.1, 0.15) is 0 Å². The van der Waals surface area contributed by atoms with E-state index in [-0.39, 0.29) is 23.5 Å². The predicted molar refractivity (Wildman–Crippen MR) is 105 cm³/mol. The fraction of sp³-hybridized carbons (Fsp3) is 0.158. The Morgan fingerprint density at radius 1 is 1.07 bits per heavy atom. The van der Waals surface area contributed by atoms with Gasteiger partial charge in [0.15, 0.2) is 0 Å². The van der Waals surface area contributed by atoms with Crippen LogP contribution in [0.2, 0.25) is 5.02 Å². The van der Waals surface area contributed by atoms with Crippen LogP contribution in [0.5, 0.6) is 0 Å². The molecule has 2 aromatic carbocycles. The molecular formula is C19H18ClN3O3S. The third-order valence-corrected chi connectivity index (χ3v) is 5.83. The normalized spacial score (nSPS) is 11.5. The van der Waals surface area contributed by atoms with Gasteiger partial charge in [0.25, 0.3) is 5.56 Å². The minimum atomic E-state index is -3.74. The van der Waals surface area contributed by atoms with Crippen LogP contribution in [-0.4, -0.2) is 24.7 Å². The van der Waals surface area contributed by atoms with Crippen molar-refractivity contribution in [3.63, 3.8) is 0 Å². The first-order chi connectivity index (χ1) is 12.9.